The van der Waals surface area contributed by atoms with Crippen LogP contribution in [0.3, 0.4) is 0 Å². The zero-order valence-electron chi connectivity index (χ0n) is 8.77. The summed E-state index contributed by atoms with van der Waals surface area (Å²) in [5, 5.41) is 19.7. The van der Waals surface area contributed by atoms with Crippen molar-refractivity contribution in [3.8, 4) is 17.2 Å². The highest BCUT2D eigenvalue weighted by Crippen LogP contribution is 2.39. The smallest absolute Gasteiger partial charge is 0.340 e. The lowest BCUT2D eigenvalue weighted by Crippen LogP contribution is -1.97. The van der Waals surface area contributed by atoms with E-state index in [1.807, 2.05) is 0 Å². The molecule has 0 unspecified atom stereocenters. The van der Waals surface area contributed by atoms with Crippen LogP contribution < -0.4 is 10.4 Å². The summed E-state index contributed by atoms with van der Waals surface area (Å²) in [5.74, 6) is -0.323. The third kappa shape index (κ3) is 1.37. The van der Waals surface area contributed by atoms with Gasteiger partial charge in [0.2, 0.25) is 5.75 Å². The number of hydrogen-bond donors (Lipinski definition) is 2. The van der Waals surface area contributed by atoms with Crippen LogP contribution in [-0.2, 0) is 0 Å². The first-order chi connectivity index (χ1) is 7.54. The number of hydrogen-bond acceptors (Lipinski definition) is 5. The van der Waals surface area contributed by atoms with Gasteiger partial charge < -0.3 is 19.4 Å². The second kappa shape index (κ2) is 3.44. The van der Waals surface area contributed by atoms with E-state index in [2.05, 4.69) is 0 Å². The molecule has 0 saturated heterocycles. The number of benzene rings is 1. The zero-order chi connectivity index (χ0) is 11.9. The van der Waals surface area contributed by atoms with Crippen LogP contribution in [0.5, 0.6) is 17.2 Å². The van der Waals surface area contributed by atoms with E-state index in [0.29, 0.717) is 10.9 Å². The number of rotatable bonds is 1. The standard InChI is InChI=1S/C11H10O5/c1-5-3-7(15-2)10(14)11-9(5)6(12)4-8(13)16-11/h3-4,12,14H,1-2H3. The minimum atomic E-state index is -0.729. The van der Waals surface area contributed by atoms with Crippen LogP contribution in [0, 0.1) is 6.92 Å². The first-order valence-electron chi connectivity index (χ1n) is 4.58. The van der Waals surface area contributed by atoms with E-state index < -0.39 is 5.63 Å². The SMILES string of the molecule is COc1cc(C)c2c(O)cc(=O)oc2c1O. The Bertz CT molecular complexity index is 612. The van der Waals surface area contributed by atoms with Gasteiger partial charge in [0.05, 0.1) is 18.6 Å². The molecule has 84 valence electrons. The molecule has 1 heterocycles. The molecule has 0 amide bonds. The normalized spacial score (nSPS) is 10.6. The van der Waals surface area contributed by atoms with Crippen LogP contribution in [0.4, 0.5) is 0 Å². The van der Waals surface area contributed by atoms with Crippen LogP contribution in [0.2, 0.25) is 0 Å². The molecule has 0 aliphatic heterocycles. The lowest BCUT2D eigenvalue weighted by molar-refractivity contribution is 0.369. The van der Waals surface area contributed by atoms with E-state index in [1.54, 1.807) is 13.0 Å². The van der Waals surface area contributed by atoms with Crippen LogP contribution in [0.25, 0.3) is 11.0 Å². The molecule has 0 aliphatic carbocycles. The van der Waals surface area contributed by atoms with Crippen molar-refractivity contribution in [2.45, 2.75) is 6.92 Å². The van der Waals surface area contributed by atoms with E-state index in [4.69, 9.17) is 9.15 Å². The maximum atomic E-state index is 11.1. The van der Waals surface area contributed by atoms with Crippen LogP contribution in [0.1, 0.15) is 5.56 Å². The molecule has 5 nitrogen and oxygen atoms in total. The molecule has 0 atom stereocenters. The van der Waals surface area contributed by atoms with Crippen molar-refractivity contribution in [2.24, 2.45) is 0 Å². The molecule has 16 heavy (non-hydrogen) atoms. The summed E-state index contributed by atoms with van der Waals surface area (Å²) in [6.45, 7) is 1.71. The molecule has 0 spiro atoms. The van der Waals surface area contributed by atoms with Crippen molar-refractivity contribution in [2.75, 3.05) is 7.11 Å². The number of methoxy groups -OCH3 is 1. The number of fused-ring (bicyclic) bond motifs is 1. The van der Waals surface area contributed by atoms with Gasteiger partial charge in [-0.05, 0) is 18.6 Å². The minimum absolute atomic E-state index is 0.0677. The van der Waals surface area contributed by atoms with E-state index >= 15 is 0 Å². The third-order valence-electron chi connectivity index (χ3n) is 2.35. The number of aryl methyl sites for hydroxylation is 1. The lowest BCUT2D eigenvalue weighted by Gasteiger charge is -2.08. The molecule has 0 saturated carbocycles. The van der Waals surface area contributed by atoms with E-state index in [-0.39, 0.29) is 22.8 Å². The van der Waals surface area contributed by atoms with Crippen molar-refractivity contribution < 1.29 is 19.4 Å². The maximum Gasteiger partial charge on any atom is 0.340 e. The maximum absolute atomic E-state index is 11.1. The predicted octanol–water partition coefficient (Wildman–Crippen LogP) is 1.52. The quantitative estimate of drug-likeness (QED) is 0.715. The average Bonchev–Trinajstić information content (AvgIpc) is 2.22. The third-order valence-corrected chi connectivity index (χ3v) is 2.35. The monoisotopic (exact) mass is 222 g/mol. The molecule has 0 radical (unpaired) electrons. The van der Waals surface area contributed by atoms with Gasteiger partial charge in [0, 0.05) is 0 Å². The van der Waals surface area contributed by atoms with Crippen molar-refractivity contribution in [1.82, 2.24) is 0 Å². The summed E-state index contributed by atoms with van der Waals surface area (Å²) < 4.78 is 9.77. The molecule has 1 aromatic heterocycles. The number of aromatic hydroxyl groups is 2. The zero-order valence-corrected chi connectivity index (χ0v) is 8.77. The lowest BCUT2D eigenvalue weighted by atomic mass is 10.1. The van der Waals surface area contributed by atoms with Crippen LogP contribution >= 0.6 is 0 Å². The van der Waals surface area contributed by atoms with E-state index in [1.165, 1.54) is 7.11 Å². The first kappa shape index (κ1) is 10.4. The molecule has 0 fully saturated rings. The van der Waals surface area contributed by atoms with Crippen molar-refractivity contribution in [3.05, 3.63) is 28.1 Å². The summed E-state index contributed by atoms with van der Waals surface area (Å²) in [7, 11) is 1.39. The van der Waals surface area contributed by atoms with Gasteiger partial charge in [-0.2, -0.15) is 0 Å². The van der Waals surface area contributed by atoms with Crippen molar-refractivity contribution >= 4 is 11.0 Å². The molecular weight excluding hydrogens is 212 g/mol. The van der Waals surface area contributed by atoms with Crippen molar-refractivity contribution in [3.63, 3.8) is 0 Å². The molecule has 2 N–H and O–H groups in total. The van der Waals surface area contributed by atoms with Gasteiger partial charge in [-0.25, -0.2) is 4.79 Å². The predicted molar refractivity (Wildman–Crippen MR) is 57.1 cm³/mol. The number of ether oxygens (including phenoxy) is 1. The molecular formula is C11H10O5. The topological polar surface area (TPSA) is 79.9 Å². The Labute approximate surface area is 90.5 Å². The number of phenolic OH excluding ortho intramolecular Hbond substituents is 1. The van der Waals surface area contributed by atoms with Gasteiger partial charge >= 0.3 is 5.63 Å². The van der Waals surface area contributed by atoms with Crippen LogP contribution in [-0.4, -0.2) is 17.3 Å². The Morgan fingerprint density at radius 3 is 2.62 bits per heavy atom. The highest BCUT2D eigenvalue weighted by Gasteiger charge is 2.15. The Balaban J connectivity index is 3.01. The van der Waals surface area contributed by atoms with E-state index in [9.17, 15) is 15.0 Å². The first-order valence-corrected chi connectivity index (χ1v) is 4.58. The van der Waals surface area contributed by atoms with Gasteiger partial charge in [-0.15, -0.1) is 0 Å². The summed E-state index contributed by atoms with van der Waals surface area (Å²) in [6.07, 6.45) is 0. The molecule has 2 rings (SSSR count). The second-order valence-electron chi connectivity index (χ2n) is 3.40. The molecule has 2 aromatic rings. The molecule has 0 aliphatic rings. The Kier molecular flexibility index (Phi) is 2.23. The Hall–Kier alpha value is -2.17. The van der Waals surface area contributed by atoms with Gasteiger partial charge in [-0.1, -0.05) is 0 Å². The number of phenols is 1. The van der Waals surface area contributed by atoms with Gasteiger partial charge in [0.15, 0.2) is 11.3 Å². The highest BCUT2D eigenvalue weighted by atomic mass is 16.5. The second-order valence-corrected chi connectivity index (χ2v) is 3.40. The Morgan fingerprint density at radius 1 is 1.31 bits per heavy atom. The molecule has 0 bridgehead atoms. The van der Waals surface area contributed by atoms with Gasteiger partial charge in [0.1, 0.15) is 5.75 Å². The van der Waals surface area contributed by atoms with Gasteiger partial charge in [-0.3, -0.25) is 0 Å². The van der Waals surface area contributed by atoms with E-state index in [0.717, 1.165) is 6.07 Å². The fraction of sp³-hybridized carbons (Fsp3) is 0.182. The summed E-state index contributed by atoms with van der Waals surface area (Å²) in [5.41, 5.74) is -0.152. The largest absolute Gasteiger partial charge is 0.507 e. The van der Waals surface area contributed by atoms with Crippen molar-refractivity contribution in [1.29, 1.82) is 0 Å². The molecule has 5 heteroatoms. The highest BCUT2D eigenvalue weighted by molar-refractivity contribution is 5.92. The molecule has 1 aromatic carbocycles. The van der Waals surface area contributed by atoms with Gasteiger partial charge in [0.25, 0.3) is 0 Å². The Morgan fingerprint density at radius 2 is 2.00 bits per heavy atom. The summed E-state index contributed by atoms with van der Waals surface area (Å²) in [4.78, 5) is 11.1. The fourth-order valence-corrected chi connectivity index (χ4v) is 1.63. The fourth-order valence-electron chi connectivity index (χ4n) is 1.63. The average molecular weight is 222 g/mol. The van der Waals surface area contributed by atoms with Crippen LogP contribution in [0.15, 0.2) is 21.3 Å². The minimum Gasteiger partial charge on any atom is -0.507 e. The summed E-state index contributed by atoms with van der Waals surface area (Å²) >= 11 is 0. The summed E-state index contributed by atoms with van der Waals surface area (Å²) in [6, 6.07) is 2.51.